The Bertz CT molecular complexity index is 362. The van der Waals surface area contributed by atoms with Gasteiger partial charge in [0.15, 0.2) is 4.47 Å². The second-order valence-electron chi connectivity index (χ2n) is 2.21. The van der Waals surface area contributed by atoms with Gasteiger partial charge in [0.05, 0.1) is 11.5 Å². The van der Waals surface area contributed by atoms with Crippen LogP contribution in [0.2, 0.25) is 9.62 Å². The van der Waals surface area contributed by atoms with Crippen LogP contribution >= 0.6 is 34.5 Å². The molecule has 0 unspecified atom stereocenters. The van der Waals surface area contributed by atoms with Crippen molar-refractivity contribution in [2.24, 2.45) is 0 Å². The standard InChI is InChI=1S/C8H7Cl2NO2S/c1-2-13-6(12)4-3-5-7(9)11-8(10)14-5/h3-4H,2H2,1H3/b4-3+. The van der Waals surface area contributed by atoms with E-state index in [0.717, 1.165) is 0 Å². The maximum Gasteiger partial charge on any atom is 0.330 e. The van der Waals surface area contributed by atoms with E-state index in [9.17, 15) is 4.79 Å². The van der Waals surface area contributed by atoms with Gasteiger partial charge in [0, 0.05) is 6.08 Å². The number of esters is 1. The number of ether oxygens (including phenoxy) is 1. The molecule has 1 rings (SSSR count). The van der Waals surface area contributed by atoms with Crippen LogP contribution < -0.4 is 0 Å². The van der Waals surface area contributed by atoms with Crippen molar-refractivity contribution in [3.8, 4) is 0 Å². The van der Waals surface area contributed by atoms with Crippen molar-refractivity contribution < 1.29 is 9.53 Å². The lowest BCUT2D eigenvalue weighted by Crippen LogP contribution is -1.98. The van der Waals surface area contributed by atoms with Crippen LogP contribution in [0.4, 0.5) is 0 Å². The zero-order valence-electron chi connectivity index (χ0n) is 7.29. The topological polar surface area (TPSA) is 39.2 Å². The van der Waals surface area contributed by atoms with Crippen molar-refractivity contribution in [3.63, 3.8) is 0 Å². The quantitative estimate of drug-likeness (QED) is 0.613. The summed E-state index contributed by atoms with van der Waals surface area (Å²) in [5.41, 5.74) is 0. The fourth-order valence-electron chi connectivity index (χ4n) is 0.725. The molecular weight excluding hydrogens is 245 g/mol. The van der Waals surface area contributed by atoms with Gasteiger partial charge >= 0.3 is 5.97 Å². The summed E-state index contributed by atoms with van der Waals surface area (Å²) in [7, 11) is 0. The summed E-state index contributed by atoms with van der Waals surface area (Å²) >= 11 is 12.5. The fourth-order valence-corrected chi connectivity index (χ4v) is 2.00. The van der Waals surface area contributed by atoms with E-state index in [0.29, 0.717) is 21.1 Å². The van der Waals surface area contributed by atoms with E-state index in [1.807, 2.05) is 0 Å². The van der Waals surface area contributed by atoms with Crippen molar-refractivity contribution in [1.82, 2.24) is 4.98 Å². The molecule has 0 radical (unpaired) electrons. The average molecular weight is 252 g/mol. The van der Waals surface area contributed by atoms with Gasteiger partial charge < -0.3 is 4.74 Å². The second kappa shape index (κ2) is 5.34. The highest BCUT2D eigenvalue weighted by molar-refractivity contribution is 7.17. The SMILES string of the molecule is CCOC(=O)/C=C/c1sc(Cl)nc1Cl. The predicted molar refractivity (Wildman–Crippen MR) is 57.8 cm³/mol. The van der Waals surface area contributed by atoms with Crippen molar-refractivity contribution in [2.45, 2.75) is 6.92 Å². The number of carbonyl (C=O) groups excluding carboxylic acids is 1. The zero-order chi connectivity index (χ0) is 10.6. The molecule has 0 spiro atoms. The molecule has 76 valence electrons. The van der Waals surface area contributed by atoms with Crippen LogP contribution in [0.1, 0.15) is 11.8 Å². The molecule has 0 fully saturated rings. The highest BCUT2D eigenvalue weighted by Crippen LogP contribution is 2.27. The summed E-state index contributed by atoms with van der Waals surface area (Å²) in [6, 6.07) is 0. The summed E-state index contributed by atoms with van der Waals surface area (Å²) in [5, 5.41) is 0.292. The Kier molecular flexibility index (Phi) is 4.38. The third-order valence-corrected chi connectivity index (χ3v) is 2.77. The molecular formula is C8H7Cl2NO2S. The molecule has 0 saturated heterocycles. The van der Waals surface area contributed by atoms with E-state index < -0.39 is 5.97 Å². The number of rotatable bonds is 3. The highest BCUT2D eigenvalue weighted by Gasteiger charge is 2.04. The van der Waals surface area contributed by atoms with E-state index in [2.05, 4.69) is 4.98 Å². The first-order valence-corrected chi connectivity index (χ1v) is 5.37. The number of thiazole rings is 1. The van der Waals surface area contributed by atoms with Crippen LogP contribution in [0.5, 0.6) is 0 Å². The molecule has 0 aliphatic heterocycles. The molecule has 0 aromatic carbocycles. The molecule has 1 aromatic rings. The van der Waals surface area contributed by atoms with Crippen molar-refractivity contribution in [2.75, 3.05) is 6.61 Å². The van der Waals surface area contributed by atoms with E-state index in [4.69, 9.17) is 27.9 Å². The van der Waals surface area contributed by atoms with Crippen LogP contribution in [0.25, 0.3) is 6.08 Å². The minimum absolute atomic E-state index is 0.292. The van der Waals surface area contributed by atoms with Gasteiger partial charge in [-0.25, -0.2) is 9.78 Å². The van der Waals surface area contributed by atoms with Gasteiger partial charge in [0.1, 0.15) is 5.15 Å². The van der Waals surface area contributed by atoms with E-state index >= 15 is 0 Å². The normalized spacial score (nSPS) is 10.8. The summed E-state index contributed by atoms with van der Waals surface area (Å²) in [6.07, 6.45) is 2.82. The van der Waals surface area contributed by atoms with Gasteiger partial charge in [0.2, 0.25) is 0 Å². The first-order chi connectivity index (χ1) is 6.63. The summed E-state index contributed by atoms with van der Waals surface area (Å²) < 4.78 is 5.04. The summed E-state index contributed by atoms with van der Waals surface area (Å²) in [5.74, 6) is -0.409. The lowest BCUT2D eigenvalue weighted by Gasteiger charge is -1.93. The predicted octanol–water partition coefficient (Wildman–Crippen LogP) is 3.03. The van der Waals surface area contributed by atoms with Crippen LogP contribution in [-0.4, -0.2) is 17.6 Å². The number of hydrogen-bond acceptors (Lipinski definition) is 4. The van der Waals surface area contributed by atoms with Gasteiger partial charge in [-0.15, -0.1) is 11.3 Å². The van der Waals surface area contributed by atoms with Crippen LogP contribution in [0.15, 0.2) is 6.08 Å². The Hall–Kier alpha value is -0.580. The van der Waals surface area contributed by atoms with Gasteiger partial charge in [-0.1, -0.05) is 23.2 Å². The van der Waals surface area contributed by atoms with Crippen molar-refractivity contribution in [1.29, 1.82) is 0 Å². The third-order valence-electron chi connectivity index (χ3n) is 1.24. The molecule has 0 bridgehead atoms. The summed E-state index contributed by atoms with van der Waals surface area (Å²) in [6.45, 7) is 2.09. The van der Waals surface area contributed by atoms with Crippen LogP contribution in [0, 0.1) is 0 Å². The van der Waals surface area contributed by atoms with Gasteiger partial charge in [-0.2, -0.15) is 0 Å². The van der Waals surface area contributed by atoms with Crippen molar-refractivity contribution in [3.05, 3.63) is 20.6 Å². The smallest absolute Gasteiger partial charge is 0.330 e. The molecule has 0 saturated carbocycles. The van der Waals surface area contributed by atoms with E-state index in [-0.39, 0.29) is 0 Å². The van der Waals surface area contributed by atoms with E-state index in [1.165, 1.54) is 23.5 Å². The average Bonchev–Trinajstić information content (AvgIpc) is 2.42. The van der Waals surface area contributed by atoms with Gasteiger partial charge in [-0.3, -0.25) is 0 Å². The largest absolute Gasteiger partial charge is 0.463 e. The number of halogens is 2. The molecule has 6 heteroatoms. The van der Waals surface area contributed by atoms with E-state index in [1.54, 1.807) is 6.92 Å². The minimum Gasteiger partial charge on any atom is -0.463 e. The lowest BCUT2D eigenvalue weighted by molar-refractivity contribution is -0.137. The Labute approximate surface area is 95.3 Å². The molecule has 1 heterocycles. The maximum atomic E-state index is 10.9. The first-order valence-electron chi connectivity index (χ1n) is 3.80. The van der Waals surface area contributed by atoms with Gasteiger partial charge in [-0.05, 0) is 13.0 Å². The number of nitrogens with zero attached hydrogens (tertiary/aromatic N) is 1. The highest BCUT2D eigenvalue weighted by atomic mass is 35.5. The number of aromatic nitrogens is 1. The Balaban J connectivity index is 2.68. The monoisotopic (exact) mass is 251 g/mol. The Morgan fingerprint density at radius 2 is 2.36 bits per heavy atom. The number of carbonyl (C=O) groups is 1. The zero-order valence-corrected chi connectivity index (χ0v) is 9.62. The first kappa shape index (κ1) is 11.5. The molecule has 1 aromatic heterocycles. The number of hydrogen-bond donors (Lipinski definition) is 0. The third kappa shape index (κ3) is 3.29. The van der Waals surface area contributed by atoms with Crippen molar-refractivity contribution >= 4 is 46.6 Å². The molecule has 0 atom stereocenters. The molecule has 14 heavy (non-hydrogen) atoms. The molecule has 0 aliphatic rings. The second-order valence-corrected chi connectivity index (χ2v) is 4.18. The Morgan fingerprint density at radius 1 is 1.64 bits per heavy atom. The van der Waals surface area contributed by atoms with Crippen LogP contribution in [-0.2, 0) is 9.53 Å². The molecule has 3 nitrogen and oxygen atoms in total. The Morgan fingerprint density at radius 3 is 2.86 bits per heavy atom. The molecule has 0 aliphatic carbocycles. The lowest BCUT2D eigenvalue weighted by atomic mass is 10.4. The maximum absolute atomic E-state index is 10.9. The summed E-state index contributed by atoms with van der Waals surface area (Å²) in [4.78, 5) is 15.4. The van der Waals surface area contributed by atoms with Gasteiger partial charge in [0.25, 0.3) is 0 Å². The van der Waals surface area contributed by atoms with Crippen LogP contribution in [0.3, 0.4) is 0 Å². The minimum atomic E-state index is -0.409. The molecule has 0 N–H and O–H groups in total. The molecule has 0 amide bonds. The fraction of sp³-hybridized carbons (Fsp3) is 0.250.